The molecule has 0 spiro atoms. The number of amides is 2. The highest BCUT2D eigenvalue weighted by Gasteiger charge is 2.33. The molecule has 0 bridgehead atoms. The van der Waals surface area contributed by atoms with Gasteiger partial charge in [-0.15, -0.1) is 24.8 Å². The lowest BCUT2D eigenvalue weighted by atomic mass is 10.1. The summed E-state index contributed by atoms with van der Waals surface area (Å²) < 4.78 is 0. The SMILES string of the molecule is Cl.Cl.NC(=O)CC(N)C(=O)N1CCC(N2CCCCC2)C1. The van der Waals surface area contributed by atoms with Crippen molar-refractivity contribution in [2.75, 3.05) is 26.2 Å². The lowest BCUT2D eigenvalue weighted by Gasteiger charge is -2.32. The van der Waals surface area contributed by atoms with E-state index in [0.29, 0.717) is 6.04 Å². The molecule has 8 heteroatoms. The van der Waals surface area contributed by atoms with Gasteiger partial charge in [0, 0.05) is 19.1 Å². The molecule has 0 aliphatic carbocycles. The second kappa shape index (κ2) is 9.46. The monoisotopic (exact) mass is 340 g/mol. The maximum Gasteiger partial charge on any atom is 0.240 e. The Morgan fingerprint density at radius 1 is 1.10 bits per heavy atom. The minimum atomic E-state index is -0.780. The maximum atomic E-state index is 12.1. The molecule has 0 aromatic carbocycles. The number of hydrogen-bond acceptors (Lipinski definition) is 4. The van der Waals surface area contributed by atoms with Crippen molar-refractivity contribution in [3.8, 4) is 0 Å². The molecule has 2 saturated heterocycles. The van der Waals surface area contributed by atoms with Gasteiger partial charge in [0.1, 0.15) is 0 Å². The normalized spacial score (nSPS) is 23.9. The van der Waals surface area contributed by atoms with Gasteiger partial charge in [0.2, 0.25) is 11.8 Å². The van der Waals surface area contributed by atoms with Crippen LogP contribution in [0.5, 0.6) is 0 Å². The number of nitrogens with zero attached hydrogens (tertiary/aromatic N) is 2. The maximum absolute atomic E-state index is 12.1. The highest BCUT2D eigenvalue weighted by molar-refractivity contribution is 5.87. The van der Waals surface area contributed by atoms with E-state index in [0.717, 1.165) is 32.6 Å². The van der Waals surface area contributed by atoms with Gasteiger partial charge in [0.25, 0.3) is 0 Å². The van der Waals surface area contributed by atoms with E-state index < -0.39 is 11.9 Å². The van der Waals surface area contributed by atoms with Crippen LogP contribution in [-0.2, 0) is 9.59 Å². The Hall–Kier alpha value is -0.560. The van der Waals surface area contributed by atoms with Crippen LogP contribution in [0.3, 0.4) is 0 Å². The van der Waals surface area contributed by atoms with Crippen LogP contribution < -0.4 is 11.5 Å². The summed E-state index contributed by atoms with van der Waals surface area (Å²) in [6.07, 6.45) is 4.77. The molecule has 0 radical (unpaired) electrons. The summed E-state index contributed by atoms with van der Waals surface area (Å²) in [6.45, 7) is 3.76. The molecule has 21 heavy (non-hydrogen) atoms. The number of hydrogen-bond donors (Lipinski definition) is 2. The minimum absolute atomic E-state index is 0. The molecule has 2 aliphatic rings. The predicted octanol–water partition coefficient (Wildman–Crippen LogP) is 0.120. The van der Waals surface area contributed by atoms with Gasteiger partial charge in [-0.3, -0.25) is 14.5 Å². The van der Waals surface area contributed by atoms with Crippen molar-refractivity contribution >= 4 is 36.6 Å². The first-order valence-corrected chi connectivity index (χ1v) is 7.14. The van der Waals surface area contributed by atoms with Crippen molar-refractivity contribution in [2.45, 2.75) is 44.2 Å². The van der Waals surface area contributed by atoms with Crippen LogP contribution in [0.15, 0.2) is 0 Å². The minimum Gasteiger partial charge on any atom is -0.370 e. The third-order valence-corrected chi connectivity index (χ3v) is 4.12. The van der Waals surface area contributed by atoms with Crippen molar-refractivity contribution in [3.05, 3.63) is 0 Å². The van der Waals surface area contributed by atoms with Gasteiger partial charge in [-0.1, -0.05) is 6.42 Å². The molecular formula is C13H26Cl2N4O2. The van der Waals surface area contributed by atoms with Crippen LogP contribution in [0.1, 0.15) is 32.1 Å². The van der Waals surface area contributed by atoms with Gasteiger partial charge in [-0.2, -0.15) is 0 Å². The zero-order chi connectivity index (χ0) is 13.8. The van der Waals surface area contributed by atoms with Crippen molar-refractivity contribution in [1.82, 2.24) is 9.80 Å². The smallest absolute Gasteiger partial charge is 0.240 e. The highest BCUT2D eigenvalue weighted by Crippen LogP contribution is 2.20. The highest BCUT2D eigenvalue weighted by atomic mass is 35.5. The van der Waals surface area contributed by atoms with Gasteiger partial charge >= 0.3 is 0 Å². The second-order valence-corrected chi connectivity index (χ2v) is 5.60. The Kier molecular flexibility index (Phi) is 9.20. The van der Waals surface area contributed by atoms with Gasteiger partial charge in [-0.25, -0.2) is 0 Å². The summed E-state index contributed by atoms with van der Waals surface area (Å²) in [6, 6.07) is -0.317. The summed E-state index contributed by atoms with van der Waals surface area (Å²) in [4.78, 5) is 27.2. The Morgan fingerprint density at radius 2 is 1.71 bits per heavy atom. The summed E-state index contributed by atoms with van der Waals surface area (Å²) in [5.41, 5.74) is 10.8. The van der Waals surface area contributed by atoms with E-state index in [1.54, 1.807) is 4.90 Å². The predicted molar refractivity (Wildman–Crippen MR) is 86.7 cm³/mol. The second-order valence-electron chi connectivity index (χ2n) is 5.60. The number of nitrogens with two attached hydrogens (primary N) is 2. The summed E-state index contributed by atoms with van der Waals surface area (Å²) >= 11 is 0. The molecule has 2 aliphatic heterocycles. The molecule has 0 aromatic rings. The van der Waals surface area contributed by atoms with E-state index in [4.69, 9.17) is 11.5 Å². The molecule has 0 saturated carbocycles. The van der Waals surface area contributed by atoms with E-state index in [9.17, 15) is 9.59 Å². The number of primary amides is 1. The fourth-order valence-electron chi connectivity index (χ4n) is 3.06. The first-order valence-electron chi connectivity index (χ1n) is 7.14. The fourth-order valence-corrected chi connectivity index (χ4v) is 3.06. The van der Waals surface area contributed by atoms with E-state index in [1.165, 1.54) is 19.3 Å². The number of piperidine rings is 1. The fraction of sp³-hybridized carbons (Fsp3) is 0.846. The molecule has 4 N–H and O–H groups in total. The van der Waals surface area contributed by atoms with Crippen molar-refractivity contribution in [1.29, 1.82) is 0 Å². The number of carbonyl (C=O) groups is 2. The molecule has 2 fully saturated rings. The topological polar surface area (TPSA) is 92.7 Å². The number of carbonyl (C=O) groups excluding carboxylic acids is 2. The molecule has 2 heterocycles. The van der Waals surface area contributed by atoms with E-state index in [-0.39, 0.29) is 37.1 Å². The molecule has 6 nitrogen and oxygen atoms in total. The Morgan fingerprint density at radius 3 is 2.29 bits per heavy atom. The summed E-state index contributed by atoms with van der Waals surface area (Å²) in [7, 11) is 0. The van der Waals surface area contributed by atoms with E-state index in [2.05, 4.69) is 4.90 Å². The standard InChI is InChI=1S/C13H24N4O2.2ClH/c14-11(8-12(15)18)13(19)17-7-4-10(9-17)16-5-2-1-3-6-16;;/h10-11H,1-9,14H2,(H2,15,18);2*1H. The van der Waals surface area contributed by atoms with Gasteiger partial charge in [0.05, 0.1) is 12.5 Å². The van der Waals surface area contributed by atoms with Crippen molar-refractivity contribution in [2.24, 2.45) is 11.5 Å². The zero-order valence-electron chi connectivity index (χ0n) is 12.2. The largest absolute Gasteiger partial charge is 0.370 e. The van der Waals surface area contributed by atoms with Crippen LogP contribution in [0.25, 0.3) is 0 Å². The number of likely N-dealkylation sites (tertiary alicyclic amines) is 2. The summed E-state index contributed by atoms with van der Waals surface area (Å²) in [5, 5.41) is 0. The number of halogens is 2. The molecule has 0 aromatic heterocycles. The molecule has 2 unspecified atom stereocenters. The quantitative estimate of drug-likeness (QED) is 0.760. The molecular weight excluding hydrogens is 315 g/mol. The van der Waals surface area contributed by atoms with E-state index in [1.807, 2.05) is 0 Å². The zero-order valence-corrected chi connectivity index (χ0v) is 13.8. The Bertz CT molecular complexity index is 351. The molecule has 124 valence electrons. The third-order valence-electron chi connectivity index (χ3n) is 4.12. The average molecular weight is 341 g/mol. The van der Waals surface area contributed by atoms with Crippen LogP contribution in [0.4, 0.5) is 0 Å². The lowest BCUT2D eigenvalue weighted by molar-refractivity contribution is -0.133. The van der Waals surface area contributed by atoms with Gasteiger partial charge < -0.3 is 16.4 Å². The van der Waals surface area contributed by atoms with Crippen LogP contribution in [-0.4, -0.2) is 59.9 Å². The molecule has 2 amide bonds. The van der Waals surface area contributed by atoms with Crippen LogP contribution >= 0.6 is 24.8 Å². The van der Waals surface area contributed by atoms with Crippen molar-refractivity contribution < 1.29 is 9.59 Å². The first-order chi connectivity index (χ1) is 9.08. The first kappa shape index (κ1) is 20.4. The van der Waals surface area contributed by atoms with E-state index >= 15 is 0 Å². The van der Waals surface area contributed by atoms with Crippen LogP contribution in [0.2, 0.25) is 0 Å². The van der Waals surface area contributed by atoms with Gasteiger partial charge in [0.15, 0.2) is 0 Å². The summed E-state index contributed by atoms with van der Waals surface area (Å²) in [5.74, 6) is -0.661. The Balaban J connectivity index is 0.00000200. The number of rotatable bonds is 4. The third kappa shape index (κ3) is 5.62. The van der Waals surface area contributed by atoms with Crippen LogP contribution in [0, 0.1) is 0 Å². The molecule has 2 rings (SSSR count). The van der Waals surface area contributed by atoms with Crippen molar-refractivity contribution in [3.63, 3.8) is 0 Å². The Labute approximate surface area is 138 Å². The van der Waals surface area contributed by atoms with Gasteiger partial charge in [-0.05, 0) is 32.4 Å². The molecule has 2 atom stereocenters. The average Bonchev–Trinajstić information content (AvgIpc) is 2.87. The lowest BCUT2D eigenvalue weighted by Crippen LogP contribution is -2.46.